The summed E-state index contributed by atoms with van der Waals surface area (Å²) in [5, 5.41) is 3.74. The molecule has 0 rings (SSSR count). The van der Waals surface area contributed by atoms with E-state index in [-0.39, 0.29) is 0 Å². The molecule has 0 saturated heterocycles. The molecule has 0 aliphatic rings. The third kappa shape index (κ3) is 11.4. The zero-order valence-electron chi connectivity index (χ0n) is 14.0. The molecule has 2 heteroatoms. The van der Waals surface area contributed by atoms with Gasteiger partial charge in [0.25, 0.3) is 0 Å². The molecule has 0 fully saturated rings. The number of nitrogens with one attached hydrogen (secondary N) is 1. The fraction of sp³-hybridized carbons (Fsp3) is 1.00. The topological polar surface area (TPSA) is 15.3 Å². The van der Waals surface area contributed by atoms with Gasteiger partial charge in [-0.05, 0) is 45.4 Å². The lowest BCUT2D eigenvalue weighted by molar-refractivity contribution is 0.275. The fourth-order valence-electron chi connectivity index (χ4n) is 2.57. The van der Waals surface area contributed by atoms with Crippen LogP contribution in [0.4, 0.5) is 0 Å². The Kier molecular flexibility index (Phi) is 14.3. The Morgan fingerprint density at radius 3 is 2.05 bits per heavy atom. The Hall–Kier alpha value is -0.0800. The SMILES string of the molecule is CCCCCCCC(CCN(CC)CC)NCCC. The molecule has 1 unspecified atom stereocenters. The van der Waals surface area contributed by atoms with Crippen LogP contribution in [0.2, 0.25) is 0 Å². The van der Waals surface area contributed by atoms with Gasteiger partial charge < -0.3 is 10.2 Å². The van der Waals surface area contributed by atoms with Crippen molar-refractivity contribution in [1.29, 1.82) is 0 Å². The fourth-order valence-corrected chi connectivity index (χ4v) is 2.57. The highest BCUT2D eigenvalue weighted by Gasteiger charge is 2.09. The molecule has 0 heterocycles. The van der Waals surface area contributed by atoms with Gasteiger partial charge in [-0.2, -0.15) is 0 Å². The summed E-state index contributed by atoms with van der Waals surface area (Å²) in [4.78, 5) is 2.54. The van der Waals surface area contributed by atoms with Gasteiger partial charge in [0.2, 0.25) is 0 Å². The van der Waals surface area contributed by atoms with Crippen LogP contribution in [0.1, 0.15) is 79.1 Å². The molecule has 0 spiro atoms. The molecule has 0 aliphatic heterocycles. The first-order valence-electron chi connectivity index (χ1n) is 8.74. The minimum Gasteiger partial charge on any atom is -0.314 e. The number of hydrogen-bond acceptors (Lipinski definition) is 2. The molecule has 0 aliphatic carbocycles. The number of hydrogen-bond donors (Lipinski definition) is 1. The van der Waals surface area contributed by atoms with Gasteiger partial charge in [0, 0.05) is 6.04 Å². The van der Waals surface area contributed by atoms with Gasteiger partial charge in [-0.1, -0.05) is 59.8 Å². The van der Waals surface area contributed by atoms with Gasteiger partial charge in [0.05, 0.1) is 0 Å². The van der Waals surface area contributed by atoms with Crippen molar-refractivity contribution >= 4 is 0 Å². The van der Waals surface area contributed by atoms with E-state index in [4.69, 9.17) is 0 Å². The Labute approximate surface area is 122 Å². The average Bonchev–Trinajstić information content (AvgIpc) is 2.44. The second-order valence-electron chi connectivity index (χ2n) is 5.67. The molecule has 0 aromatic carbocycles. The van der Waals surface area contributed by atoms with Crippen molar-refractivity contribution < 1.29 is 0 Å². The van der Waals surface area contributed by atoms with Gasteiger partial charge in [0.1, 0.15) is 0 Å². The third-order valence-electron chi connectivity index (χ3n) is 4.03. The van der Waals surface area contributed by atoms with E-state index in [2.05, 4.69) is 37.9 Å². The summed E-state index contributed by atoms with van der Waals surface area (Å²) in [6.07, 6.45) is 10.9. The minimum atomic E-state index is 0.738. The van der Waals surface area contributed by atoms with Crippen molar-refractivity contribution in [2.45, 2.75) is 85.1 Å². The summed E-state index contributed by atoms with van der Waals surface area (Å²) in [5.41, 5.74) is 0. The predicted molar refractivity (Wildman–Crippen MR) is 87.9 cm³/mol. The van der Waals surface area contributed by atoms with Crippen molar-refractivity contribution in [1.82, 2.24) is 10.2 Å². The van der Waals surface area contributed by atoms with Crippen molar-refractivity contribution in [3.8, 4) is 0 Å². The molecule has 1 N–H and O–H groups in total. The molecule has 1 atom stereocenters. The number of nitrogens with zero attached hydrogens (tertiary/aromatic N) is 1. The molecule has 0 aromatic rings. The van der Waals surface area contributed by atoms with E-state index in [0.717, 1.165) is 6.04 Å². The van der Waals surface area contributed by atoms with Crippen LogP contribution in [-0.2, 0) is 0 Å². The highest BCUT2D eigenvalue weighted by atomic mass is 15.1. The molecule has 0 radical (unpaired) electrons. The summed E-state index contributed by atoms with van der Waals surface area (Å²) >= 11 is 0. The van der Waals surface area contributed by atoms with E-state index in [1.54, 1.807) is 0 Å². The second-order valence-corrected chi connectivity index (χ2v) is 5.67. The standard InChI is InChI=1S/C17H38N2/c1-5-9-10-11-12-13-17(18-15-6-2)14-16-19(7-3)8-4/h17-18H,5-16H2,1-4H3. The Bertz CT molecular complexity index is 167. The van der Waals surface area contributed by atoms with Crippen molar-refractivity contribution in [2.75, 3.05) is 26.2 Å². The molecule has 0 aromatic heterocycles. The predicted octanol–water partition coefficient (Wildman–Crippen LogP) is 4.45. The first kappa shape index (κ1) is 18.9. The molecule has 19 heavy (non-hydrogen) atoms. The summed E-state index contributed by atoms with van der Waals surface area (Å²) in [7, 11) is 0. The molecule has 0 bridgehead atoms. The van der Waals surface area contributed by atoms with Crippen molar-refractivity contribution in [3.63, 3.8) is 0 Å². The summed E-state index contributed by atoms with van der Waals surface area (Å²) in [6, 6.07) is 0.738. The maximum atomic E-state index is 3.74. The van der Waals surface area contributed by atoms with Crippen LogP contribution in [0.3, 0.4) is 0 Å². The molecule has 0 saturated carbocycles. The van der Waals surface area contributed by atoms with Crippen LogP contribution >= 0.6 is 0 Å². The first-order valence-corrected chi connectivity index (χ1v) is 8.74. The minimum absolute atomic E-state index is 0.738. The first-order chi connectivity index (χ1) is 9.28. The molecule has 116 valence electrons. The van der Waals surface area contributed by atoms with Crippen LogP contribution in [0.25, 0.3) is 0 Å². The number of rotatable bonds is 14. The summed E-state index contributed by atoms with van der Waals surface area (Å²) in [5.74, 6) is 0. The van der Waals surface area contributed by atoms with E-state index >= 15 is 0 Å². The lowest BCUT2D eigenvalue weighted by Crippen LogP contribution is -2.34. The zero-order chi connectivity index (χ0) is 14.3. The molecule has 2 nitrogen and oxygen atoms in total. The highest BCUT2D eigenvalue weighted by molar-refractivity contribution is 4.69. The third-order valence-corrected chi connectivity index (χ3v) is 4.03. The van der Waals surface area contributed by atoms with Gasteiger partial charge >= 0.3 is 0 Å². The van der Waals surface area contributed by atoms with E-state index in [9.17, 15) is 0 Å². The smallest absolute Gasteiger partial charge is 0.00792 e. The van der Waals surface area contributed by atoms with Crippen LogP contribution in [-0.4, -0.2) is 37.1 Å². The van der Waals surface area contributed by atoms with Crippen molar-refractivity contribution in [3.05, 3.63) is 0 Å². The Morgan fingerprint density at radius 1 is 0.789 bits per heavy atom. The monoisotopic (exact) mass is 270 g/mol. The second kappa shape index (κ2) is 14.3. The van der Waals surface area contributed by atoms with Crippen molar-refractivity contribution in [2.24, 2.45) is 0 Å². The summed E-state index contributed by atoms with van der Waals surface area (Å²) < 4.78 is 0. The molecule has 0 amide bonds. The Morgan fingerprint density at radius 2 is 1.47 bits per heavy atom. The van der Waals surface area contributed by atoms with E-state index < -0.39 is 0 Å². The average molecular weight is 271 g/mol. The maximum absolute atomic E-state index is 3.74. The zero-order valence-corrected chi connectivity index (χ0v) is 14.0. The summed E-state index contributed by atoms with van der Waals surface area (Å²) in [6.45, 7) is 13.9. The molecular formula is C17H38N2. The quantitative estimate of drug-likeness (QED) is 0.469. The van der Waals surface area contributed by atoms with E-state index in [1.807, 2.05) is 0 Å². The van der Waals surface area contributed by atoms with Crippen LogP contribution < -0.4 is 5.32 Å². The lowest BCUT2D eigenvalue weighted by Gasteiger charge is -2.23. The maximum Gasteiger partial charge on any atom is 0.00792 e. The van der Waals surface area contributed by atoms with Crippen LogP contribution in [0, 0.1) is 0 Å². The van der Waals surface area contributed by atoms with E-state index in [0.29, 0.717) is 0 Å². The van der Waals surface area contributed by atoms with Crippen LogP contribution in [0.5, 0.6) is 0 Å². The van der Waals surface area contributed by atoms with Gasteiger partial charge in [0.15, 0.2) is 0 Å². The van der Waals surface area contributed by atoms with Crippen LogP contribution in [0.15, 0.2) is 0 Å². The van der Waals surface area contributed by atoms with Gasteiger partial charge in [-0.15, -0.1) is 0 Å². The van der Waals surface area contributed by atoms with E-state index in [1.165, 1.54) is 77.5 Å². The molecular weight excluding hydrogens is 232 g/mol. The normalized spacial score (nSPS) is 13.1. The number of unbranched alkanes of at least 4 members (excludes halogenated alkanes) is 4. The lowest BCUT2D eigenvalue weighted by atomic mass is 10.0. The Balaban J connectivity index is 3.80. The largest absolute Gasteiger partial charge is 0.314 e. The van der Waals surface area contributed by atoms with Gasteiger partial charge in [-0.25, -0.2) is 0 Å². The highest BCUT2D eigenvalue weighted by Crippen LogP contribution is 2.10. The van der Waals surface area contributed by atoms with Gasteiger partial charge in [-0.3, -0.25) is 0 Å².